The van der Waals surface area contributed by atoms with Crippen LogP contribution in [0.3, 0.4) is 0 Å². The third kappa shape index (κ3) is 3.92. The van der Waals surface area contributed by atoms with Crippen molar-refractivity contribution >= 4 is 23.1 Å². The van der Waals surface area contributed by atoms with Gasteiger partial charge in [0.05, 0.1) is 17.9 Å². The van der Waals surface area contributed by atoms with E-state index in [1.165, 1.54) is 0 Å². The molecule has 0 radical (unpaired) electrons. The number of hydrogen-bond donors (Lipinski definition) is 0. The molecule has 2 aromatic carbocycles. The number of halogens is 2. The van der Waals surface area contributed by atoms with Crippen molar-refractivity contribution < 1.29 is 23.1 Å². The second-order valence-corrected chi connectivity index (χ2v) is 7.92. The largest absolute Gasteiger partial charge is 0.494 e. The summed E-state index contributed by atoms with van der Waals surface area (Å²) in [7, 11) is 0. The van der Waals surface area contributed by atoms with Gasteiger partial charge in [-0.1, -0.05) is 19.1 Å². The van der Waals surface area contributed by atoms with Crippen LogP contribution in [0, 0.1) is 17.6 Å². The van der Waals surface area contributed by atoms with Crippen molar-refractivity contribution in [3.8, 4) is 5.75 Å². The first-order valence-electron chi connectivity index (χ1n) is 10.5. The average molecular weight is 426 g/mol. The molecule has 0 aromatic heterocycles. The molecule has 2 amide bonds. The minimum atomic E-state index is -0.957. The van der Waals surface area contributed by atoms with Gasteiger partial charge >= 0.3 is 0 Å². The molecular formula is C24H24F2N2O3. The monoisotopic (exact) mass is 426 g/mol. The SMILES string of the molecule is CCOc1ccc(C2=C(N3CCCC(C)C3)C(=O)N(c3ccc(F)cc3F)C2=O)cc1. The Morgan fingerprint density at radius 1 is 1.06 bits per heavy atom. The van der Waals surface area contributed by atoms with Crippen molar-refractivity contribution in [2.75, 3.05) is 24.6 Å². The summed E-state index contributed by atoms with van der Waals surface area (Å²) < 4.78 is 33.4. The summed E-state index contributed by atoms with van der Waals surface area (Å²) in [5.41, 5.74) is 0.801. The molecular weight excluding hydrogens is 402 g/mol. The summed E-state index contributed by atoms with van der Waals surface area (Å²) in [4.78, 5) is 29.6. The van der Waals surface area contributed by atoms with Gasteiger partial charge in [0.15, 0.2) is 0 Å². The summed E-state index contributed by atoms with van der Waals surface area (Å²) in [6.07, 6.45) is 1.94. The van der Waals surface area contributed by atoms with E-state index in [0.717, 1.165) is 29.9 Å². The van der Waals surface area contributed by atoms with Gasteiger partial charge in [-0.05, 0) is 55.5 Å². The Bertz CT molecular complexity index is 1050. The van der Waals surface area contributed by atoms with Crippen LogP contribution in [-0.2, 0) is 9.59 Å². The minimum Gasteiger partial charge on any atom is -0.494 e. The predicted octanol–water partition coefficient (Wildman–Crippen LogP) is 4.38. The van der Waals surface area contributed by atoms with Crippen LogP contribution in [0.2, 0.25) is 0 Å². The van der Waals surface area contributed by atoms with Crippen LogP contribution in [-0.4, -0.2) is 36.4 Å². The maximum atomic E-state index is 14.5. The molecule has 1 unspecified atom stereocenters. The fraction of sp³-hybridized carbons (Fsp3) is 0.333. The first kappa shape index (κ1) is 21.0. The number of hydrogen-bond acceptors (Lipinski definition) is 4. The number of carbonyl (C=O) groups is 2. The Balaban J connectivity index is 1.81. The lowest BCUT2D eigenvalue weighted by atomic mass is 9.97. The number of nitrogens with zero attached hydrogens (tertiary/aromatic N) is 2. The van der Waals surface area contributed by atoms with Crippen molar-refractivity contribution in [1.29, 1.82) is 0 Å². The van der Waals surface area contributed by atoms with E-state index in [4.69, 9.17) is 4.74 Å². The Labute approximate surface area is 179 Å². The van der Waals surface area contributed by atoms with Gasteiger partial charge < -0.3 is 9.64 Å². The number of amides is 2. The molecule has 2 aromatic rings. The van der Waals surface area contributed by atoms with Crippen molar-refractivity contribution in [3.05, 3.63) is 65.4 Å². The molecule has 0 spiro atoms. The summed E-state index contributed by atoms with van der Waals surface area (Å²) in [6.45, 7) is 5.75. The number of carbonyl (C=O) groups excluding carboxylic acids is 2. The summed E-state index contributed by atoms with van der Waals surface area (Å²) in [5, 5.41) is 0. The predicted molar refractivity (Wildman–Crippen MR) is 113 cm³/mol. The van der Waals surface area contributed by atoms with Crippen LogP contribution in [0.4, 0.5) is 14.5 Å². The molecule has 162 valence electrons. The van der Waals surface area contributed by atoms with Crippen molar-refractivity contribution in [2.24, 2.45) is 5.92 Å². The van der Waals surface area contributed by atoms with Crippen LogP contribution >= 0.6 is 0 Å². The highest BCUT2D eigenvalue weighted by Crippen LogP contribution is 2.37. The molecule has 1 fully saturated rings. The molecule has 0 aliphatic carbocycles. The Morgan fingerprint density at radius 3 is 2.45 bits per heavy atom. The molecule has 7 heteroatoms. The molecule has 1 saturated heterocycles. The van der Waals surface area contributed by atoms with E-state index in [1.54, 1.807) is 24.3 Å². The number of imide groups is 1. The summed E-state index contributed by atoms with van der Waals surface area (Å²) in [6, 6.07) is 9.76. The Hall–Kier alpha value is -3.22. The van der Waals surface area contributed by atoms with Gasteiger partial charge in [0.2, 0.25) is 0 Å². The molecule has 0 bridgehead atoms. The van der Waals surface area contributed by atoms with Crippen molar-refractivity contribution in [3.63, 3.8) is 0 Å². The maximum Gasteiger partial charge on any atom is 0.282 e. The average Bonchev–Trinajstić information content (AvgIpc) is 2.99. The van der Waals surface area contributed by atoms with Crippen molar-refractivity contribution in [2.45, 2.75) is 26.7 Å². The fourth-order valence-electron chi connectivity index (χ4n) is 4.23. The highest BCUT2D eigenvalue weighted by molar-refractivity contribution is 6.45. The van der Waals surface area contributed by atoms with Gasteiger partial charge in [0, 0.05) is 19.2 Å². The summed E-state index contributed by atoms with van der Waals surface area (Å²) in [5.74, 6) is -1.92. The van der Waals surface area contributed by atoms with E-state index in [2.05, 4.69) is 6.92 Å². The van der Waals surface area contributed by atoms with E-state index in [1.807, 2.05) is 11.8 Å². The van der Waals surface area contributed by atoms with Gasteiger partial charge in [-0.2, -0.15) is 0 Å². The number of anilines is 1. The molecule has 1 atom stereocenters. The first-order valence-corrected chi connectivity index (χ1v) is 10.5. The Morgan fingerprint density at radius 2 is 1.81 bits per heavy atom. The lowest BCUT2D eigenvalue weighted by Gasteiger charge is -2.33. The van der Waals surface area contributed by atoms with E-state index in [9.17, 15) is 18.4 Å². The number of benzene rings is 2. The summed E-state index contributed by atoms with van der Waals surface area (Å²) >= 11 is 0. The smallest absolute Gasteiger partial charge is 0.282 e. The van der Waals surface area contributed by atoms with Crippen LogP contribution < -0.4 is 9.64 Å². The van der Waals surface area contributed by atoms with Crippen LogP contribution in [0.15, 0.2) is 48.2 Å². The van der Waals surface area contributed by atoms with Crippen LogP contribution in [0.25, 0.3) is 5.57 Å². The minimum absolute atomic E-state index is 0.228. The molecule has 0 N–H and O–H groups in total. The van der Waals surface area contributed by atoms with Gasteiger partial charge in [0.25, 0.3) is 11.8 Å². The number of ether oxygens (including phenoxy) is 1. The third-order valence-electron chi connectivity index (χ3n) is 5.64. The van der Waals surface area contributed by atoms with Gasteiger partial charge in [-0.3, -0.25) is 9.59 Å². The molecule has 0 saturated carbocycles. The molecule has 31 heavy (non-hydrogen) atoms. The lowest BCUT2D eigenvalue weighted by molar-refractivity contribution is -0.120. The number of piperidine rings is 1. The van der Waals surface area contributed by atoms with Crippen LogP contribution in [0.5, 0.6) is 5.75 Å². The van der Waals surface area contributed by atoms with Crippen molar-refractivity contribution in [1.82, 2.24) is 4.90 Å². The molecule has 2 aliphatic heterocycles. The maximum absolute atomic E-state index is 14.5. The first-order chi connectivity index (χ1) is 14.9. The quantitative estimate of drug-likeness (QED) is 0.666. The molecule has 2 aliphatic rings. The second kappa shape index (κ2) is 8.49. The second-order valence-electron chi connectivity index (χ2n) is 7.92. The van der Waals surface area contributed by atoms with Gasteiger partial charge in [-0.15, -0.1) is 0 Å². The van der Waals surface area contributed by atoms with E-state index >= 15 is 0 Å². The van der Waals surface area contributed by atoms with Gasteiger partial charge in [0.1, 0.15) is 23.1 Å². The number of rotatable bonds is 5. The van der Waals surface area contributed by atoms with Gasteiger partial charge in [-0.25, -0.2) is 13.7 Å². The highest BCUT2D eigenvalue weighted by Gasteiger charge is 2.44. The molecule has 2 heterocycles. The van der Waals surface area contributed by atoms with Crippen LogP contribution in [0.1, 0.15) is 32.3 Å². The zero-order valence-corrected chi connectivity index (χ0v) is 17.5. The topological polar surface area (TPSA) is 49.9 Å². The van der Waals surface area contributed by atoms with E-state index < -0.39 is 23.4 Å². The lowest BCUT2D eigenvalue weighted by Crippen LogP contribution is -2.39. The van der Waals surface area contributed by atoms with E-state index in [-0.39, 0.29) is 17.0 Å². The Kier molecular flexibility index (Phi) is 5.76. The van der Waals surface area contributed by atoms with E-state index in [0.29, 0.717) is 43.0 Å². The third-order valence-corrected chi connectivity index (χ3v) is 5.64. The number of likely N-dealkylation sites (tertiary alicyclic amines) is 1. The standard InChI is InChI=1S/C24H24F2N2O3/c1-3-31-18-9-6-16(7-10-18)21-22(27-12-4-5-15(2)14-27)24(30)28(23(21)29)20-11-8-17(25)13-19(20)26/h6-11,13,15H,3-5,12,14H2,1-2H3. The highest BCUT2D eigenvalue weighted by atomic mass is 19.1. The zero-order chi connectivity index (χ0) is 22.1. The molecule has 4 rings (SSSR count). The zero-order valence-electron chi connectivity index (χ0n) is 17.5. The molecule has 5 nitrogen and oxygen atoms in total. The normalized spacial score (nSPS) is 19.4. The fourth-order valence-corrected chi connectivity index (χ4v) is 4.23.